The van der Waals surface area contributed by atoms with Crippen LogP contribution in [-0.4, -0.2) is 15.0 Å². The Morgan fingerprint density at radius 3 is 1.25 bits per heavy atom. The Morgan fingerprint density at radius 1 is 0.268 bits per heavy atom. The molecule has 0 N–H and O–H groups in total. The number of nitriles is 1. The molecule has 1 aromatic heterocycles. The van der Waals surface area contributed by atoms with E-state index in [-0.39, 0.29) is 0 Å². The van der Waals surface area contributed by atoms with Crippen LogP contribution in [0, 0.1) is 11.3 Å². The second-order valence-electron chi connectivity index (χ2n) is 13.6. The number of nitrogens with zero attached hydrogens (tertiary/aromatic N) is 4. The molecule has 0 spiro atoms. The standard InChI is InChI=1S/C52H34N4/c53-35-36-12-10-19-44(32-36)45-20-11-21-47(33-45)51-54-50(43-28-26-41(27-29-43)40-24-22-39(23-25-40)37-13-4-1-5-14-37)55-52(56-51)49-34-46(38-15-6-2-7-16-38)30-31-48(49)42-17-8-3-9-18-42/h1-34H. The number of hydrogen-bond donors (Lipinski definition) is 0. The average Bonchev–Trinajstić information content (AvgIpc) is 3.30. The lowest BCUT2D eigenvalue weighted by atomic mass is 9.94. The molecule has 0 unspecified atom stereocenters. The highest BCUT2D eigenvalue weighted by molar-refractivity contribution is 5.86. The van der Waals surface area contributed by atoms with Gasteiger partial charge in [0.1, 0.15) is 0 Å². The summed E-state index contributed by atoms with van der Waals surface area (Å²) in [4.78, 5) is 15.5. The van der Waals surface area contributed by atoms with Gasteiger partial charge in [0.05, 0.1) is 11.6 Å². The van der Waals surface area contributed by atoms with Gasteiger partial charge in [-0.25, -0.2) is 15.0 Å². The lowest BCUT2D eigenvalue weighted by Gasteiger charge is -2.14. The van der Waals surface area contributed by atoms with Crippen LogP contribution in [-0.2, 0) is 0 Å². The van der Waals surface area contributed by atoms with Gasteiger partial charge in [-0.05, 0) is 79.9 Å². The summed E-state index contributed by atoms with van der Waals surface area (Å²) in [5, 5.41) is 9.57. The van der Waals surface area contributed by atoms with Crippen LogP contribution in [0.3, 0.4) is 0 Å². The molecule has 0 saturated carbocycles. The van der Waals surface area contributed by atoms with E-state index in [1.165, 1.54) is 11.1 Å². The van der Waals surface area contributed by atoms with E-state index in [2.05, 4.69) is 152 Å². The lowest BCUT2D eigenvalue weighted by molar-refractivity contribution is 1.07. The zero-order valence-electron chi connectivity index (χ0n) is 30.4. The molecule has 262 valence electrons. The van der Waals surface area contributed by atoms with Gasteiger partial charge in [-0.15, -0.1) is 0 Å². The first-order chi connectivity index (χ1) is 27.7. The fourth-order valence-corrected chi connectivity index (χ4v) is 7.07. The van der Waals surface area contributed by atoms with E-state index in [0.29, 0.717) is 23.0 Å². The van der Waals surface area contributed by atoms with E-state index >= 15 is 0 Å². The maximum Gasteiger partial charge on any atom is 0.164 e. The number of benzene rings is 8. The Kier molecular flexibility index (Phi) is 9.31. The van der Waals surface area contributed by atoms with E-state index < -0.39 is 0 Å². The maximum atomic E-state index is 9.57. The van der Waals surface area contributed by atoms with Gasteiger partial charge < -0.3 is 0 Å². The molecule has 0 fully saturated rings. The second-order valence-corrected chi connectivity index (χ2v) is 13.6. The molecule has 1 heterocycles. The van der Waals surface area contributed by atoms with Crippen LogP contribution >= 0.6 is 0 Å². The van der Waals surface area contributed by atoms with Gasteiger partial charge in [-0.3, -0.25) is 0 Å². The van der Waals surface area contributed by atoms with Crippen LogP contribution in [0.15, 0.2) is 206 Å². The molecule has 0 radical (unpaired) electrons. The van der Waals surface area contributed by atoms with Crippen molar-refractivity contribution in [1.82, 2.24) is 15.0 Å². The summed E-state index contributed by atoms with van der Waals surface area (Å²) in [7, 11) is 0. The molecule has 0 atom stereocenters. The van der Waals surface area contributed by atoms with Crippen LogP contribution in [0.2, 0.25) is 0 Å². The largest absolute Gasteiger partial charge is 0.208 e. The molecule has 4 nitrogen and oxygen atoms in total. The molecule has 56 heavy (non-hydrogen) atoms. The smallest absolute Gasteiger partial charge is 0.164 e. The Hall–Kier alpha value is -7.74. The molecule has 0 aliphatic carbocycles. The Bertz CT molecular complexity index is 2830. The van der Waals surface area contributed by atoms with E-state index in [4.69, 9.17) is 15.0 Å². The van der Waals surface area contributed by atoms with Crippen molar-refractivity contribution < 1.29 is 0 Å². The Morgan fingerprint density at radius 2 is 0.661 bits per heavy atom. The third kappa shape index (κ3) is 7.13. The van der Waals surface area contributed by atoms with Crippen molar-refractivity contribution in [3.8, 4) is 95.9 Å². The third-order valence-corrected chi connectivity index (χ3v) is 10.0. The summed E-state index contributed by atoms with van der Waals surface area (Å²) < 4.78 is 0. The van der Waals surface area contributed by atoms with E-state index in [1.54, 1.807) is 0 Å². The molecule has 0 aliphatic heterocycles. The highest BCUT2D eigenvalue weighted by atomic mass is 15.0. The van der Waals surface area contributed by atoms with Crippen LogP contribution < -0.4 is 0 Å². The van der Waals surface area contributed by atoms with Gasteiger partial charge in [-0.2, -0.15) is 5.26 Å². The minimum Gasteiger partial charge on any atom is -0.208 e. The second kappa shape index (κ2) is 15.3. The zero-order chi connectivity index (χ0) is 37.7. The minimum absolute atomic E-state index is 0.563. The molecular weight excluding hydrogens is 681 g/mol. The first-order valence-electron chi connectivity index (χ1n) is 18.6. The van der Waals surface area contributed by atoms with Gasteiger partial charge in [0.15, 0.2) is 17.5 Å². The summed E-state index contributed by atoms with van der Waals surface area (Å²) in [5.74, 6) is 1.73. The molecule has 8 aromatic carbocycles. The van der Waals surface area contributed by atoms with Gasteiger partial charge in [-0.1, -0.05) is 182 Å². The molecule has 9 aromatic rings. The molecule has 0 amide bonds. The van der Waals surface area contributed by atoms with Gasteiger partial charge in [0, 0.05) is 16.7 Å². The molecule has 0 saturated heterocycles. The predicted molar refractivity (Wildman–Crippen MR) is 228 cm³/mol. The van der Waals surface area contributed by atoms with Crippen molar-refractivity contribution >= 4 is 0 Å². The zero-order valence-corrected chi connectivity index (χ0v) is 30.4. The van der Waals surface area contributed by atoms with Crippen molar-refractivity contribution in [3.63, 3.8) is 0 Å². The first kappa shape index (κ1) is 34.1. The van der Waals surface area contributed by atoms with E-state index in [0.717, 1.165) is 61.2 Å². The molecule has 0 bridgehead atoms. The molecule has 4 heteroatoms. The molecule has 9 rings (SSSR count). The number of aromatic nitrogens is 3. The van der Waals surface area contributed by atoms with Crippen LogP contribution in [0.5, 0.6) is 0 Å². The summed E-state index contributed by atoms with van der Waals surface area (Å²) in [6.45, 7) is 0. The minimum atomic E-state index is 0.563. The Labute approximate surface area is 326 Å². The molecule has 0 aliphatic rings. The maximum absolute atomic E-state index is 9.57. The molecular formula is C52H34N4. The van der Waals surface area contributed by atoms with Gasteiger partial charge in [0.2, 0.25) is 0 Å². The van der Waals surface area contributed by atoms with Crippen LogP contribution in [0.25, 0.3) is 89.8 Å². The van der Waals surface area contributed by atoms with Crippen LogP contribution in [0.4, 0.5) is 0 Å². The van der Waals surface area contributed by atoms with Gasteiger partial charge in [0.25, 0.3) is 0 Å². The van der Waals surface area contributed by atoms with E-state index in [9.17, 15) is 5.26 Å². The van der Waals surface area contributed by atoms with Crippen molar-refractivity contribution in [2.24, 2.45) is 0 Å². The first-order valence-corrected chi connectivity index (χ1v) is 18.6. The van der Waals surface area contributed by atoms with Crippen molar-refractivity contribution in [2.75, 3.05) is 0 Å². The third-order valence-electron chi connectivity index (χ3n) is 10.0. The highest BCUT2D eigenvalue weighted by Crippen LogP contribution is 2.37. The monoisotopic (exact) mass is 714 g/mol. The number of hydrogen-bond acceptors (Lipinski definition) is 4. The lowest BCUT2D eigenvalue weighted by Crippen LogP contribution is -2.01. The van der Waals surface area contributed by atoms with Crippen LogP contribution in [0.1, 0.15) is 5.56 Å². The SMILES string of the molecule is N#Cc1cccc(-c2cccc(-c3nc(-c4ccc(-c5ccc(-c6ccccc6)cc5)cc4)nc(-c4cc(-c5ccccc5)ccc4-c4ccccc4)n3)c2)c1. The highest BCUT2D eigenvalue weighted by Gasteiger charge is 2.18. The fraction of sp³-hybridized carbons (Fsp3) is 0. The summed E-state index contributed by atoms with van der Waals surface area (Å²) >= 11 is 0. The summed E-state index contributed by atoms with van der Waals surface area (Å²) in [6, 6.07) is 72.9. The van der Waals surface area contributed by atoms with E-state index in [1.807, 2.05) is 60.7 Å². The predicted octanol–water partition coefficient (Wildman–Crippen LogP) is 13.1. The Balaban J connectivity index is 1.18. The van der Waals surface area contributed by atoms with Crippen molar-refractivity contribution in [1.29, 1.82) is 5.26 Å². The topological polar surface area (TPSA) is 62.5 Å². The number of rotatable bonds is 8. The van der Waals surface area contributed by atoms with Gasteiger partial charge >= 0.3 is 0 Å². The quantitative estimate of drug-likeness (QED) is 0.157. The fourth-order valence-electron chi connectivity index (χ4n) is 7.07. The summed E-state index contributed by atoms with van der Waals surface area (Å²) in [5.41, 5.74) is 14.1. The normalized spacial score (nSPS) is 10.8. The van der Waals surface area contributed by atoms with Crippen molar-refractivity contribution in [2.45, 2.75) is 0 Å². The van der Waals surface area contributed by atoms with Crippen molar-refractivity contribution in [3.05, 3.63) is 212 Å². The summed E-state index contributed by atoms with van der Waals surface area (Å²) in [6.07, 6.45) is 0. The average molecular weight is 715 g/mol.